The van der Waals surface area contributed by atoms with Crippen LogP contribution in [0.1, 0.15) is 44.9 Å². The van der Waals surface area contributed by atoms with Gasteiger partial charge in [-0.3, -0.25) is 0 Å². The fourth-order valence-electron chi connectivity index (χ4n) is 1.87. The van der Waals surface area contributed by atoms with Gasteiger partial charge in [-0.25, -0.2) is 9.97 Å². The van der Waals surface area contributed by atoms with Crippen molar-refractivity contribution in [1.29, 1.82) is 5.26 Å². The van der Waals surface area contributed by atoms with E-state index in [1.807, 2.05) is 6.07 Å². The highest BCUT2D eigenvalue weighted by molar-refractivity contribution is 9.10. The molecule has 2 rings (SSSR count). The first kappa shape index (κ1) is 13.3. The number of nitriles is 1. The zero-order valence-electron chi connectivity index (χ0n) is 10.7. The number of halogens is 1. The SMILES string of the molecule is CC(C)c1nc(Br)cc(N(CCC#N)C2CC2)n1. The third kappa shape index (κ3) is 3.20. The maximum absolute atomic E-state index is 8.74. The van der Waals surface area contributed by atoms with Crippen LogP contribution in [0.4, 0.5) is 5.82 Å². The highest BCUT2D eigenvalue weighted by atomic mass is 79.9. The summed E-state index contributed by atoms with van der Waals surface area (Å²) >= 11 is 3.44. The average molecular weight is 309 g/mol. The zero-order valence-corrected chi connectivity index (χ0v) is 12.3. The minimum Gasteiger partial charge on any atom is -0.352 e. The molecule has 5 heteroatoms. The minimum atomic E-state index is 0.304. The van der Waals surface area contributed by atoms with E-state index in [9.17, 15) is 0 Å². The topological polar surface area (TPSA) is 52.8 Å². The molecule has 18 heavy (non-hydrogen) atoms. The number of hydrogen-bond donors (Lipinski definition) is 0. The lowest BCUT2D eigenvalue weighted by Crippen LogP contribution is -2.28. The summed E-state index contributed by atoms with van der Waals surface area (Å²) in [5.74, 6) is 2.10. The first-order valence-corrected chi connectivity index (χ1v) is 7.09. The molecule has 0 aliphatic heterocycles. The molecule has 0 aromatic carbocycles. The molecule has 1 heterocycles. The molecule has 1 aliphatic carbocycles. The van der Waals surface area contributed by atoms with Crippen molar-refractivity contribution in [1.82, 2.24) is 9.97 Å². The Labute approximate surface area is 116 Å². The number of hydrogen-bond acceptors (Lipinski definition) is 4. The van der Waals surface area contributed by atoms with Gasteiger partial charge in [-0.05, 0) is 28.8 Å². The molecule has 0 saturated heterocycles. The van der Waals surface area contributed by atoms with E-state index in [4.69, 9.17) is 5.26 Å². The van der Waals surface area contributed by atoms with Crippen molar-refractivity contribution >= 4 is 21.7 Å². The normalized spacial score (nSPS) is 14.6. The number of anilines is 1. The lowest BCUT2D eigenvalue weighted by Gasteiger charge is -2.23. The second kappa shape index (κ2) is 5.66. The van der Waals surface area contributed by atoms with Gasteiger partial charge in [-0.2, -0.15) is 5.26 Å². The molecule has 0 N–H and O–H groups in total. The monoisotopic (exact) mass is 308 g/mol. The Hall–Kier alpha value is -1.15. The summed E-state index contributed by atoms with van der Waals surface area (Å²) in [5, 5.41) is 8.74. The molecule has 0 spiro atoms. The average Bonchev–Trinajstić information content (AvgIpc) is 3.13. The van der Waals surface area contributed by atoms with Crippen molar-refractivity contribution in [3.8, 4) is 6.07 Å². The van der Waals surface area contributed by atoms with Crippen molar-refractivity contribution in [2.75, 3.05) is 11.4 Å². The Morgan fingerprint density at radius 3 is 2.78 bits per heavy atom. The molecule has 1 aliphatic rings. The van der Waals surface area contributed by atoms with E-state index in [-0.39, 0.29) is 0 Å². The van der Waals surface area contributed by atoms with E-state index >= 15 is 0 Å². The lowest BCUT2D eigenvalue weighted by atomic mass is 10.2. The standard InChI is InChI=1S/C13H17BrN4/c1-9(2)13-16-11(14)8-12(17-13)18(7-3-6-15)10-4-5-10/h8-10H,3-5,7H2,1-2H3. The summed E-state index contributed by atoms with van der Waals surface area (Å²) in [7, 11) is 0. The first-order chi connectivity index (χ1) is 8.61. The molecule has 1 saturated carbocycles. The van der Waals surface area contributed by atoms with Crippen LogP contribution in [0.2, 0.25) is 0 Å². The third-order valence-corrected chi connectivity index (χ3v) is 3.37. The Bertz CT molecular complexity index is 463. The highest BCUT2D eigenvalue weighted by Gasteiger charge is 2.30. The molecular weight excluding hydrogens is 292 g/mol. The molecule has 0 bridgehead atoms. The maximum Gasteiger partial charge on any atom is 0.134 e. The predicted molar refractivity (Wildman–Crippen MR) is 74.4 cm³/mol. The van der Waals surface area contributed by atoms with Crippen molar-refractivity contribution in [3.63, 3.8) is 0 Å². The molecule has 1 aromatic heterocycles. The van der Waals surface area contributed by atoms with Gasteiger partial charge in [0.25, 0.3) is 0 Å². The Kier molecular flexibility index (Phi) is 4.18. The second-order valence-electron chi connectivity index (χ2n) is 4.89. The highest BCUT2D eigenvalue weighted by Crippen LogP contribution is 2.32. The van der Waals surface area contributed by atoms with Gasteiger partial charge in [0.2, 0.25) is 0 Å². The van der Waals surface area contributed by atoms with Gasteiger partial charge in [0.1, 0.15) is 16.2 Å². The van der Waals surface area contributed by atoms with Crippen LogP contribution >= 0.6 is 15.9 Å². The van der Waals surface area contributed by atoms with Gasteiger partial charge in [0.15, 0.2) is 0 Å². The summed E-state index contributed by atoms with van der Waals surface area (Å²) in [6, 6.07) is 4.71. The molecule has 4 nitrogen and oxygen atoms in total. The maximum atomic E-state index is 8.74. The molecule has 0 amide bonds. The van der Waals surface area contributed by atoms with Crippen LogP contribution in [-0.2, 0) is 0 Å². The summed E-state index contributed by atoms with van der Waals surface area (Å²) < 4.78 is 0.818. The first-order valence-electron chi connectivity index (χ1n) is 6.30. The smallest absolute Gasteiger partial charge is 0.134 e. The molecule has 0 atom stereocenters. The van der Waals surface area contributed by atoms with E-state index < -0.39 is 0 Å². The molecule has 0 unspecified atom stereocenters. The van der Waals surface area contributed by atoms with Gasteiger partial charge in [0.05, 0.1) is 12.5 Å². The third-order valence-electron chi connectivity index (χ3n) is 2.96. The van der Waals surface area contributed by atoms with Crippen LogP contribution in [0.15, 0.2) is 10.7 Å². The van der Waals surface area contributed by atoms with Gasteiger partial charge < -0.3 is 4.90 Å². The molecule has 0 radical (unpaired) electrons. The van der Waals surface area contributed by atoms with Crippen LogP contribution in [0.5, 0.6) is 0 Å². The summed E-state index contributed by atoms with van der Waals surface area (Å²) in [4.78, 5) is 11.3. The number of rotatable bonds is 5. The molecule has 96 valence electrons. The molecule has 1 aromatic rings. The van der Waals surface area contributed by atoms with Crippen molar-refractivity contribution < 1.29 is 0 Å². The van der Waals surface area contributed by atoms with Crippen LogP contribution in [0.3, 0.4) is 0 Å². The van der Waals surface area contributed by atoms with Crippen molar-refractivity contribution in [2.24, 2.45) is 0 Å². The molecule has 1 fully saturated rings. The Morgan fingerprint density at radius 2 is 2.22 bits per heavy atom. The van der Waals surface area contributed by atoms with E-state index in [0.717, 1.165) is 22.8 Å². The van der Waals surface area contributed by atoms with Crippen LogP contribution < -0.4 is 4.90 Å². The van der Waals surface area contributed by atoms with Crippen LogP contribution in [0.25, 0.3) is 0 Å². The van der Waals surface area contributed by atoms with Crippen LogP contribution in [-0.4, -0.2) is 22.6 Å². The number of aromatic nitrogens is 2. The Morgan fingerprint density at radius 1 is 1.50 bits per heavy atom. The summed E-state index contributed by atoms with van der Waals surface area (Å²) in [5.41, 5.74) is 0. The van der Waals surface area contributed by atoms with Gasteiger partial charge >= 0.3 is 0 Å². The Balaban J connectivity index is 2.26. The van der Waals surface area contributed by atoms with Crippen LogP contribution in [0, 0.1) is 11.3 Å². The van der Waals surface area contributed by atoms with Gasteiger partial charge in [-0.15, -0.1) is 0 Å². The van der Waals surface area contributed by atoms with E-state index in [0.29, 0.717) is 18.4 Å². The van der Waals surface area contributed by atoms with Crippen molar-refractivity contribution in [2.45, 2.75) is 45.1 Å². The van der Waals surface area contributed by atoms with E-state index in [1.54, 1.807) is 0 Å². The lowest BCUT2D eigenvalue weighted by molar-refractivity contribution is 0.732. The zero-order chi connectivity index (χ0) is 13.1. The minimum absolute atomic E-state index is 0.304. The summed E-state index contributed by atoms with van der Waals surface area (Å²) in [6.45, 7) is 4.92. The molecular formula is C13H17BrN4. The quantitative estimate of drug-likeness (QED) is 0.784. The number of nitrogens with zero attached hydrogens (tertiary/aromatic N) is 4. The van der Waals surface area contributed by atoms with E-state index in [1.165, 1.54) is 12.8 Å². The van der Waals surface area contributed by atoms with Gasteiger partial charge in [-0.1, -0.05) is 13.8 Å². The van der Waals surface area contributed by atoms with E-state index in [2.05, 4.69) is 50.7 Å². The summed E-state index contributed by atoms with van der Waals surface area (Å²) in [6.07, 6.45) is 2.93. The van der Waals surface area contributed by atoms with Crippen molar-refractivity contribution in [3.05, 3.63) is 16.5 Å². The predicted octanol–water partition coefficient (Wildman–Crippen LogP) is 3.24. The fraction of sp³-hybridized carbons (Fsp3) is 0.615. The second-order valence-corrected chi connectivity index (χ2v) is 5.71. The van der Waals surface area contributed by atoms with Gasteiger partial charge in [0, 0.05) is 24.6 Å². The fourth-order valence-corrected chi connectivity index (χ4v) is 2.26. The largest absolute Gasteiger partial charge is 0.352 e.